The maximum atomic E-state index is 11.3. The zero-order valence-electron chi connectivity index (χ0n) is 11.2. The minimum atomic E-state index is -0.854. The normalized spacial score (nSPS) is 29.2. The second kappa shape index (κ2) is 4.85. The highest BCUT2D eigenvalue weighted by atomic mass is 16.4. The summed E-state index contributed by atoms with van der Waals surface area (Å²) in [5.74, 6) is -0.168. The number of nitrogens with one attached hydrogen (secondary N) is 1. The number of piperidine rings is 3. The van der Waals surface area contributed by atoms with E-state index in [2.05, 4.69) is 10.2 Å². The summed E-state index contributed by atoms with van der Waals surface area (Å²) >= 11 is 0. The molecule has 0 aromatic heterocycles. The van der Waals surface area contributed by atoms with Gasteiger partial charge in [-0.3, -0.25) is 0 Å². The molecule has 19 heavy (non-hydrogen) atoms. The van der Waals surface area contributed by atoms with Crippen LogP contribution in [0.15, 0.2) is 18.2 Å². The number of hydrogen-bond acceptors (Lipinski definition) is 3. The summed E-state index contributed by atoms with van der Waals surface area (Å²) < 4.78 is 0. The number of rotatable bonds is 3. The molecule has 0 saturated carbocycles. The Labute approximate surface area is 113 Å². The van der Waals surface area contributed by atoms with Crippen LogP contribution in [0, 0.1) is 12.8 Å². The third-order valence-corrected chi connectivity index (χ3v) is 4.49. The number of carbonyl (C=O) groups is 1. The Kier molecular flexibility index (Phi) is 3.19. The molecule has 0 spiro atoms. The fourth-order valence-electron chi connectivity index (χ4n) is 3.35. The van der Waals surface area contributed by atoms with Crippen LogP contribution in [-0.2, 0) is 0 Å². The lowest BCUT2D eigenvalue weighted by Gasteiger charge is -2.45. The number of carboxylic acids is 1. The molecule has 3 aliphatic heterocycles. The van der Waals surface area contributed by atoms with Gasteiger partial charge in [0.05, 0.1) is 11.3 Å². The molecule has 2 N–H and O–H groups in total. The molecular weight excluding hydrogens is 240 g/mol. The van der Waals surface area contributed by atoms with Crippen LogP contribution in [-0.4, -0.2) is 41.7 Å². The quantitative estimate of drug-likeness (QED) is 0.875. The van der Waals surface area contributed by atoms with Crippen molar-refractivity contribution in [3.8, 4) is 0 Å². The SMILES string of the molecule is Cc1cccc(C(=O)O)c1NC1CN2CCC1CC2. The Morgan fingerprint density at radius 3 is 2.68 bits per heavy atom. The number of aromatic carboxylic acids is 1. The van der Waals surface area contributed by atoms with E-state index in [-0.39, 0.29) is 0 Å². The monoisotopic (exact) mass is 260 g/mol. The van der Waals surface area contributed by atoms with Gasteiger partial charge in [-0.05, 0) is 50.4 Å². The lowest BCUT2D eigenvalue weighted by atomic mass is 9.83. The Morgan fingerprint density at radius 1 is 1.37 bits per heavy atom. The molecule has 0 aliphatic carbocycles. The molecule has 4 rings (SSSR count). The molecule has 0 amide bonds. The molecule has 4 heteroatoms. The van der Waals surface area contributed by atoms with Gasteiger partial charge >= 0.3 is 5.97 Å². The Balaban J connectivity index is 1.85. The van der Waals surface area contributed by atoms with Crippen LogP contribution in [0.2, 0.25) is 0 Å². The third kappa shape index (κ3) is 2.32. The van der Waals surface area contributed by atoms with Gasteiger partial charge in [-0.15, -0.1) is 0 Å². The average Bonchev–Trinajstić information content (AvgIpc) is 2.42. The van der Waals surface area contributed by atoms with E-state index in [0.29, 0.717) is 17.5 Å². The molecule has 0 radical (unpaired) electrons. The van der Waals surface area contributed by atoms with E-state index in [0.717, 1.165) is 17.8 Å². The van der Waals surface area contributed by atoms with Crippen molar-refractivity contribution < 1.29 is 9.90 Å². The summed E-state index contributed by atoms with van der Waals surface area (Å²) in [7, 11) is 0. The summed E-state index contributed by atoms with van der Waals surface area (Å²) in [6.45, 7) is 5.40. The Bertz CT molecular complexity index is 493. The van der Waals surface area contributed by atoms with Gasteiger partial charge in [0.1, 0.15) is 0 Å². The number of nitrogens with zero attached hydrogens (tertiary/aromatic N) is 1. The predicted molar refractivity (Wildman–Crippen MR) is 74.7 cm³/mol. The highest BCUT2D eigenvalue weighted by Crippen LogP contribution is 2.31. The third-order valence-electron chi connectivity index (χ3n) is 4.49. The smallest absolute Gasteiger partial charge is 0.337 e. The largest absolute Gasteiger partial charge is 0.478 e. The molecule has 102 valence electrons. The lowest BCUT2D eigenvalue weighted by Crippen LogP contribution is -2.53. The zero-order valence-corrected chi connectivity index (χ0v) is 11.2. The van der Waals surface area contributed by atoms with Crippen LogP contribution in [0.5, 0.6) is 0 Å². The minimum absolute atomic E-state index is 0.386. The van der Waals surface area contributed by atoms with Crippen LogP contribution in [0.25, 0.3) is 0 Å². The van der Waals surface area contributed by atoms with E-state index in [1.807, 2.05) is 13.0 Å². The zero-order chi connectivity index (χ0) is 13.4. The van der Waals surface area contributed by atoms with E-state index in [1.54, 1.807) is 12.1 Å². The molecule has 3 aliphatic rings. The van der Waals surface area contributed by atoms with E-state index in [1.165, 1.54) is 25.9 Å². The van der Waals surface area contributed by atoms with Gasteiger partial charge in [0.15, 0.2) is 0 Å². The molecule has 3 fully saturated rings. The topological polar surface area (TPSA) is 52.6 Å². The number of carboxylic acid groups (broad SMARTS) is 1. The van der Waals surface area contributed by atoms with E-state index >= 15 is 0 Å². The van der Waals surface area contributed by atoms with Crippen molar-refractivity contribution in [3.63, 3.8) is 0 Å². The van der Waals surface area contributed by atoms with Gasteiger partial charge < -0.3 is 15.3 Å². The molecule has 3 saturated heterocycles. The van der Waals surface area contributed by atoms with Gasteiger partial charge in [-0.25, -0.2) is 4.79 Å². The van der Waals surface area contributed by atoms with Crippen LogP contribution in [0.4, 0.5) is 5.69 Å². The van der Waals surface area contributed by atoms with E-state index in [4.69, 9.17) is 0 Å². The molecule has 1 atom stereocenters. The number of anilines is 1. The van der Waals surface area contributed by atoms with Gasteiger partial charge in [-0.2, -0.15) is 0 Å². The number of fused-ring (bicyclic) bond motifs is 3. The van der Waals surface area contributed by atoms with E-state index in [9.17, 15) is 9.90 Å². The van der Waals surface area contributed by atoms with Crippen LogP contribution >= 0.6 is 0 Å². The Morgan fingerprint density at radius 2 is 2.11 bits per heavy atom. The first kappa shape index (κ1) is 12.5. The Hall–Kier alpha value is -1.55. The molecule has 1 unspecified atom stereocenters. The fraction of sp³-hybridized carbons (Fsp3) is 0.533. The average molecular weight is 260 g/mol. The fourth-order valence-corrected chi connectivity index (χ4v) is 3.35. The standard InChI is InChI=1S/C15H20N2O2/c1-10-3-2-4-12(15(18)19)14(10)16-13-9-17-7-5-11(13)6-8-17/h2-4,11,13,16H,5-9H2,1H3,(H,18,19). The maximum Gasteiger partial charge on any atom is 0.337 e. The number of aryl methyl sites for hydroxylation is 1. The van der Waals surface area contributed by atoms with Crippen molar-refractivity contribution in [2.24, 2.45) is 5.92 Å². The van der Waals surface area contributed by atoms with Crippen molar-refractivity contribution in [3.05, 3.63) is 29.3 Å². The van der Waals surface area contributed by atoms with Crippen molar-refractivity contribution in [2.75, 3.05) is 25.0 Å². The molecule has 1 aromatic carbocycles. The van der Waals surface area contributed by atoms with Crippen molar-refractivity contribution in [1.29, 1.82) is 0 Å². The summed E-state index contributed by atoms with van der Waals surface area (Å²) in [5, 5.41) is 12.8. The van der Waals surface area contributed by atoms with Crippen molar-refractivity contribution >= 4 is 11.7 Å². The minimum Gasteiger partial charge on any atom is -0.478 e. The summed E-state index contributed by atoms with van der Waals surface area (Å²) in [6.07, 6.45) is 2.46. The maximum absolute atomic E-state index is 11.3. The summed E-state index contributed by atoms with van der Waals surface area (Å²) in [5.41, 5.74) is 2.20. The lowest BCUT2D eigenvalue weighted by molar-refractivity contribution is 0.0697. The molecule has 2 bridgehead atoms. The first-order chi connectivity index (χ1) is 9.15. The highest BCUT2D eigenvalue weighted by Gasteiger charge is 2.34. The second-order valence-corrected chi connectivity index (χ2v) is 5.69. The van der Waals surface area contributed by atoms with Crippen molar-refractivity contribution in [2.45, 2.75) is 25.8 Å². The van der Waals surface area contributed by atoms with Gasteiger partial charge in [0, 0.05) is 12.6 Å². The van der Waals surface area contributed by atoms with Crippen LogP contribution < -0.4 is 5.32 Å². The first-order valence-electron chi connectivity index (χ1n) is 6.97. The molecule has 4 nitrogen and oxygen atoms in total. The predicted octanol–water partition coefficient (Wildman–Crippen LogP) is 2.20. The van der Waals surface area contributed by atoms with E-state index < -0.39 is 5.97 Å². The molecule has 1 aromatic rings. The first-order valence-corrected chi connectivity index (χ1v) is 6.97. The summed E-state index contributed by atoms with van der Waals surface area (Å²) in [4.78, 5) is 13.8. The van der Waals surface area contributed by atoms with Crippen LogP contribution in [0.1, 0.15) is 28.8 Å². The molecular formula is C15H20N2O2. The van der Waals surface area contributed by atoms with Gasteiger partial charge in [-0.1, -0.05) is 12.1 Å². The van der Waals surface area contributed by atoms with Crippen molar-refractivity contribution in [1.82, 2.24) is 4.90 Å². The number of para-hydroxylation sites is 1. The highest BCUT2D eigenvalue weighted by molar-refractivity contribution is 5.95. The second-order valence-electron chi connectivity index (χ2n) is 5.69. The number of hydrogen-bond donors (Lipinski definition) is 2. The molecule has 3 heterocycles. The van der Waals surface area contributed by atoms with Crippen LogP contribution in [0.3, 0.4) is 0 Å². The number of benzene rings is 1. The summed E-state index contributed by atoms with van der Waals surface area (Å²) in [6, 6.07) is 5.84. The van der Waals surface area contributed by atoms with Gasteiger partial charge in [0.25, 0.3) is 0 Å². The van der Waals surface area contributed by atoms with Gasteiger partial charge in [0.2, 0.25) is 0 Å².